The van der Waals surface area contributed by atoms with Crippen LogP contribution in [-0.2, 0) is 16.8 Å². The summed E-state index contributed by atoms with van der Waals surface area (Å²) >= 11 is 1.73. The highest BCUT2D eigenvalue weighted by atomic mass is 32.1. The molecular formula is C14H13N2S+. The van der Waals surface area contributed by atoms with E-state index in [4.69, 9.17) is 0 Å². The van der Waals surface area contributed by atoms with Crippen molar-refractivity contribution in [3.63, 3.8) is 0 Å². The predicted molar refractivity (Wildman–Crippen MR) is 73.2 cm³/mol. The van der Waals surface area contributed by atoms with Crippen LogP contribution in [0.1, 0.15) is 19.4 Å². The topological polar surface area (TPSA) is 25.2 Å². The fraction of sp³-hybridized carbons (Fsp3) is 0.214. The zero-order chi connectivity index (χ0) is 12.0. The Morgan fingerprint density at radius 3 is 2.88 bits per heavy atom. The Hall–Kier alpha value is -1.61. The number of pyridine rings is 1. The molecule has 3 heterocycles. The summed E-state index contributed by atoms with van der Waals surface area (Å²) in [4.78, 5) is 10.1. The van der Waals surface area contributed by atoms with E-state index in [1.54, 1.807) is 11.4 Å². The van der Waals surface area contributed by atoms with E-state index >= 15 is 0 Å². The molecule has 2 nitrogen and oxygen atoms in total. The molecular weight excluding hydrogens is 228 g/mol. The van der Waals surface area contributed by atoms with Crippen molar-refractivity contribution in [2.45, 2.75) is 19.3 Å². The van der Waals surface area contributed by atoms with E-state index in [0.717, 1.165) is 16.4 Å². The molecule has 0 unspecified atom stereocenters. The number of hydrogen-bond donors (Lipinski definition) is 0. The van der Waals surface area contributed by atoms with Gasteiger partial charge in [0.15, 0.2) is 10.9 Å². The van der Waals surface area contributed by atoms with Crippen molar-refractivity contribution in [3.05, 3.63) is 53.0 Å². The van der Waals surface area contributed by atoms with E-state index in [0.29, 0.717) is 0 Å². The lowest BCUT2D eigenvalue weighted by Gasteiger charge is -2.18. The van der Waals surface area contributed by atoms with Crippen LogP contribution in [-0.4, -0.2) is 10.4 Å². The minimum absolute atomic E-state index is 0.102. The van der Waals surface area contributed by atoms with Gasteiger partial charge in [0.05, 0.1) is 5.22 Å². The molecule has 0 amide bonds. The Labute approximate surface area is 104 Å². The smallest absolute Gasteiger partial charge is 0.236 e. The molecule has 0 aromatic carbocycles. The van der Waals surface area contributed by atoms with Gasteiger partial charge in [-0.3, -0.25) is 0 Å². The van der Waals surface area contributed by atoms with E-state index in [9.17, 15) is 0 Å². The van der Waals surface area contributed by atoms with Crippen molar-refractivity contribution in [2.75, 3.05) is 0 Å². The molecule has 0 spiro atoms. The maximum atomic E-state index is 4.44. The zero-order valence-corrected chi connectivity index (χ0v) is 10.7. The minimum atomic E-state index is -0.102. The van der Waals surface area contributed by atoms with Crippen LogP contribution in [0.25, 0.3) is 4.91 Å². The SMILES string of the molecule is C=C1N=c2nc/c(=C3\C=CC=[S+]3)cc2C1(C)C. The van der Waals surface area contributed by atoms with Crippen molar-refractivity contribution in [1.82, 2.24) is 4.98 Å². The van der Waals surface area contributed by atoms with Gasteiger partial charge in [0.25, 0.3) is 0 Å². The molecule has 0 saturated carbocycles. The van der Waals surface area contributed by atoms with Crippen LogP contribution in [0, 0.1) is 0 Å². The molecule has 0 atom stereocenters. The van der Waals surface area contributed by atoms with Gasteiger partial charge in [-0.1, -0.05) is 20.4 Å². The number of allylic oxidation sites excluding steroid dienone is 2. The number of nitrogens with zero attached hydrogens (tertiary/aromatic N) is 2. The van der Waals surface area contributed by atoms with Gasteiger partial charge in [-0.25, -0.2) is 9.98 Å². The molecule has 0 fully saturated rings. The van der Waals surface area contributed by atoms with Gasteiger partial charge in [-0.2, -0.15) is 0 Å². The monoisotopic (exact) mass is 241 g/mol. The van der Waals surface area contributed by atoms with E-state index in [1.807, 2.05) is 6.20 Å². The van der Waals surface area contributed by atoms with Crippen molar-refractivity contribution >= 4 is 21.6 Å². The molecule has 0 radical (unpaired) electrons. The summed E-state index contributed by atoms with van der Waals surface area (Å²) in [6.07, 6.45) is 6.06. The third kappa shape index (κ3) is 1.50. The lowest BCUT2D eigenvalue weighted by atomic mass is 9.85. The molecule has 17 heavy (non-hydrogen) atoms. The quantitative estimate of drug-likeness (QED) is 0.493. The van der Waals surface area contributed by atoms with Crippen LogP contribution in [0.5, 0.6) is 0 Å². The van der Waals surface area contributed by atoms with Crippen molar-refractivity contribution in [3.8, 4) is 0 Å². The molecule has 2 aliphatic rings. The van der Waals surface area contributed by atoms with Crippen LogP contribution in [0.15, 0.2) is 41.7 Å². The van der Waals surface area contributed by atoms with Gasteiger partial charge < -0.3 is 0 Å². The third-order valence-corrected chi connectivity index (χ3v) is 4.23. The number of rotatable bonds is 0. The molecule has 1 aromatic heterocycles. The standard InChI is InChI=1S/C14H13N2S/c1-9-14(2,3)11-7-10(8-15-13(11)16-9)12-5-4-6-17-12/h4-8H,1H2,2-3H3/q+1/b12-10+. The first-order chi connectivity index (χ1) is 8.09. The fourth-order valence-corrected chi connectivity index (χ4v) is 2.72. The van der Waals surface area contributed by atoms with Gasteiger partial charge in [-0.05, 0) is 6.07 Å². The highest BCUT2D eigenvalue weighted by Gasteiger charge is 2.31. The normalized spacial score (nSPS) is 22.8. The Balaban J connectivity index is 2.31. The molecule has 3 heteroatoms. The van der Waals surface area contributed by atoms with Crippen molar-refractivity contribution < 1.29 is 0 Å². The molecule has 0 saturated heterocycles. The van der Waals surface area contributed by atoms with Crippen molar-refractivity contribution in [2.24, 2.45) is 4.99 Å². The molecule has 3 rings (SSSR count). The third-order valence-electron chi connectivity index (χ3n) is 3.31. The molecule has 2 aliphatic heterocycles. The summed E-state index contributed by atoms with van der Waals surface area (Å²) in [7, 11) is 0. The van der Waals surface area contributed by atoms with Crippen LogP contribution >= 0.6 is 0 Å². The second-order valence-corrected chi connectivity index (χ2v) is 5.70. The largest absolute Gasteiger partial charge is 0.239 e. The average molecular weight is 241 g/mol. The predicted octanol–water partition coefficient (Wildman–Crippen LogP) is 1.07. The van der Waals surface area contributed by atoms with E-state index in [1.165, 1.54) is 10.5 Å². The fourth-order valence-electron chi connectivity index (χ4n) is 2.01. The summed E-state index contributed by atoms with van der Waals surface area (Å²) < 4.78 is 0. The highest BCUT2D eigenvalue weighted by Crippen LogP contribution is 2.31. The first kappa shape index (κ1) is 10.5. The first-order valence-electron chi connectivity index (χ1n) is 5.54. The average Bonchev–Trinajstić information content (AvgIpc) is 2.88. The van der Waals surface area contributed by atoms with Gasteiger partial charge in [0.1, 0.15) is 0 Å². The van der Waals surface area contributed by atoms with E-state index in [-0.39, 0.29) is 5.41 Å². The number of hydrogen-bond acceptors (Lipinski definition) is 2. The Morgan fingerprint density at radius 2 is 2.18 bits per heavy atom. The molecule has 0 N–H and O–H groups in total. The number of fused-ring (bicyclic) bond motifs is 1. The molecule has 0 aliphatic carbocycles. The van der Waals surface area contributed by atoms with Crippen LogP contribution < -0.4 is 10.7 Å². The summed E-state index contributed by atoms with van der Waals surface area (Å²) in [5.74, 6) is 0. The summed E-state index contributed by atoms with van der Waals surface area (Å²) in [5, 5.41) is 3.24. The maximum Gasteiger partial charge on any atom is 0.239 e. The molecule has 1 aromatic rings. The summed E-state index contributed by atoms with van der Waals surface area (Å²) in [5.41, 5.74) is 2.78. The Morgan fingerprint density at radius 1 is 1.35 bits per heavy atom. The van der Waals surface area contributed by atoms with E-state index < -0.39 is 0 Å². The van der Waals surface area contributed by atoms with Gasteiger partial charge >= 0.3 is 0 Å². The summed E-state index contributed by atoms with van der Waals surface area (Å²) in [6, 6.07) is 2.19. The Kier molecular flexibility index (Phi) is 2.13. The van der Waals surface area contributed by atoms with Gasteiger partial charge in [0.2, 0.25) is 16.3 Å². The van der Waals surface area contributed by atoms with Gasteiger partial charge in [0, 0.05) is 35.0 Å². The zero-order valence-electron chi connectivity index (χ0n) is 9.90. The number of aromatic nitrogens is 1. The van der Waals surface area contributed by atoms with Crippen LogP contribution in [0.3, 0.4) is 0 Å². The molecule has 0 bridgehead atoms. The lowest BCUT2D eigenvalue weighted by Crippen LogP contribution is -2.25. The Bertz CT molecular complexity index is 679. The maximum absolute atomic E-state index is 4.44. The van der Waals surface area contributed by atoms with Crippen LogP contribution in [0.2, 0.25) is 0 Å². The first-order valence-corrected chi connectivity index (χ1v) is 6.42. The van der Waals surface area contributed by atoms with E-state index in [2.05, 4.69) is 54.0 Å². The second kappa shape index (κ2) is 3.44. The minimum Gasteiger partial charge on any atom is -0.236 e. The van der Waals surface area contributed by atoms with Crippen LogP contribution in [0.4, 0.5) is 0 Å². The summed E-state index contributed by atoms with van der Waals surface area (Å²) in [6.45, 7) is 8.30. The van der Waals surface area contributed by atoms with Crippen molar-refractivity contribution in [1.29, 1.82) is 0 Å². The highest BCUT2D eigenvalue weighted by molar-refractivity contribution is 7.87. The lowest BCUT2D eigenvalue weighted by molar-refractivity contribution is 0.639. The molecule has 84 valence electrons. The second-order valence-electron chi connectivity index (χ2n) is 4.76. The van der Waals surface area contributed by atoms with Gasteiger partial charge in [-0.15, -0.1) is 0 Å².